The van der Waals surface area contributed by atoms with E-state index in [9.17, 15) is 9.59 Å². The van der Waals surface area contributed by atoms with Crippen molar-refractivity contribution >= 4 is 52.5 Å². The Morgan fingerprint density at radius 1 is 1.42 bits per heavy atom. The number of carboxylic acid groups (broad SMARTS) is 1. The Bertz CT molecular complexity index is 508. The van der Waals surface area contributed by atoms with Crippen LogP contribution >= 0.6 is 35.0 Å². The molecule has 0 saturated heterocycles. The van der Waals surface area contributed by atoms with E-state index < -0.39 is 5.97 Å². The molecule has 1 rings (SSSR count). The van der Waals surface area contributed by atoms with Crippen molar-refractivity contribution in [3.05, 3.63) is 27.7 Å². The molecule has 0 radical (unpaired) electrons. The van der Waals surface area contributed by atoms with Crippen LogP contribution in [0.5, 0.6) is 0 Å². The van der Waals surface area contributed by atoms with E-state index in [1.807, 2.05) is 6.26 Å². The van der Waals surface area contributed by atoms with Crippen LogP contribution in [0.1, 0.15) is 17.3 Å². The van der Waals surface area contributed by atoms with Gasteiger partial charge in [-0.3, -0.25) is 4.79 Å². The highest BCUT2D eigenvalue weighted by atomic mass is 35.5. The van der Waals surface area contributed by atoms with Gasteiger partial charge < -0.3 is 10.4 Å². The quantitative estimate of drug-likeness (QED) is 0.869. The number of hydrogen-bond acceptors (Lipinski definition) is 3. The molecule has 0 spiro atoms. The van der Waals surface area contributed by atoms with E-state index in [-0.39, 0.29) is 33.1 Å². The third kappa shape index (κ3) is 4.30. The number of nitrogens with one attached hydrogen (secondary N) is 1. The molecule has 0 aromatic heterocycles. The van der Waals surface area contributed by atoms with Crippen molar-refractivity contribution in [1.82, 2.24) is 0 Å². The van der Waals surface area contributed by atoms with Gasteiger partial charge in [-0.15, -0.1) is 0 Å². The van der Waals surface area contributed by atoms with E-state index in [0.29, 0.717) is 5.75 Å². The standard InChI is InChI=1S/C12H13Cl2NO3S/c1-6(5-19-2)11(16)15-10-8(12(17)18)3-7(13)4-9(10)14/h3-4,6H,5H2,1-2H3,(H,15,16)(H,17,18). The van der Waals surface area contributed by atoms with Gasteiger partial charge in [-0.2, -0.15) is 11.8 Å². The number of rotatable bonds is 5. The van der Waals surface area contributed by atoms with Crippen molar-refractivity contribution in [2.75, 3.05) is 17.3 Å². The SMILES string of the molecule is CSCC(C)C(=O)Nc1c(Cl)cc(Cl)cc1C(=O)O. The van der Waals surface area contributed by atoms with Crippen LogP contribution in [0.4, 0.5) is 5.69 Å². The van der Waals surface area contributed by atoms with Crippen LogP contribution in [-0.4, -0.2) is 29.0 Å². The lowest BCUT2D eigenvalue weighted by Crippen LogP contribution is -2.23. The summed E-state index contributed by atoms with van der Waals surface area (Å²) < 4.78 is 0. The van der Waals surface area contributed by atoms with Crippen molar-refractivity contribution in [2.45, 2.75) is 6.92 Å². The molecule has 1 aromatic carbocycles. The number of anilines is 1. The van der Waals surface area contributed by atoms with Gasteiger partial charge in [-0.25, -0.2) is 4.79 Å². The average Bonchev–Trinajstić information content (AvgIpc) is 2.32. The zero-order valence-corrected chi connectivity index (χ0v) is 12.7. The normalized spacial score (nSPS) is 12.0. The topological polar surface area (TPSA) is 66.4 Å². The van der Waals surface area contributed by atoms with E-state index in [2.05, 4.69) is 5.32 Å². The van der Waals surface area contributed by atoms with Gasteiger partial charge in [-0.1, -0.05) is 30.1 Å². The van der Waals surface area contributed by atoms with Crippen molar-refractivity contribution < 1.29 is 14.7 Å². The van der Waals surface area contributed by atoms with E-state index >= 15 is 0 Å². The Hall–Kier alpha value is -0.910. The van der Waals surface area contributed by atoms with Crippen molar-refractivity contribution in [1.29, 1.82) is 0 Å². The molecule has 19 heavy (non-hydrogen) atoms. The largest absolute Gasteiger partial charge is 0.478 e. The first kappa shape index (κ1) is 16.1. The molecule has 0 aliphatic heterocycles. The molecule has 1 aromatic rings. The van der Waals surface area contributed by atoms with Crippen LogP contribution in [0.25, 0.3) is 0 Å². The fourth-order valence-corrected chi connectivity index (χ4v) is 2.63. The highest BCUT2D eigenvalue weighted by Gasteiger charge is 2.19. The smallest absolute Gasteiger partial charge is 0.337 e. The van der Waals surface area contributed by atoms with Crippen molar-refractivity contribution in [3.63, 3.8) is 0 Å². The number of aromatic carboxylic acids is 1. The molecule has 1 unspecified atom stereocenters. The number of benzene rings is 1. The number of carbonyl (C=O) groups excluding carboxylic acids is 1. The molecule has 0 aliphatic carbocycles. The summed E-state index contributed by atoms with van der Waals surface area (Å²) >= 11 is 13.2. The molecule has 0 bridgehead atoms. The van der Waals surface area contributed by atoms with Gasteiger partial charge in [0, 0.05) is 16.7 Å². The summed E-state index contributed by atoms with van der Waals surface area (Å²) in [5.41, 5.74) is -0.0429. The maximum atomic E-state index is 11.9. The Morgan fingerprint density at radius 3 is 2.58 bits per heavy atom. The minimum atomic E-state index is -1.20. The highest BCUT2D eigenvalue weighted by Crippen LogP contribution is 2.30. The predicted octanol–water partition coefficient (Wildman–Crippen LogP) is 3.63. The van der Waals surface area contributed by atoms with Gasteiger partial charge in [0.2, 0.25) is 5.91 Å². The van der Waals surface area contributed by atoms with Crippen molar-refractivity contribution in [2.24, 2.45) is 5.92 Å². The maximum absolute atomic E-state index is 11.9. The van der Waals surface area contributed by atoms with Gasteiger partial charge in [-0.05, 0) is 18.4 Å². The molecule has 1 amide bonds. The second kappa shape index (κ2) is 7.03. The molecule has 0 aliphatic rings. The summed E-state index contributed by atoms with van der Waals surface area (Å²) in [5.74, 6) is -1.08. The molecular formula is C12H13Cl2NO3S. The average molecular weight is 322 g/mol. The molecule has 0 heterocycles. The second-order valence-electron chi connectivity index (χ2n) is 3.96. The Labute approximate surface area is 125 Å². The molecule has 104 valence electrons. The molecule has 1 atom stereocenters. The summed E-state index contributed by atoms with van der Waals surface area (Å²) in [6, 6.07) is 2.65. The highest BCUT2D eigenvalue weighted by molar-refractivity contribution is 7.98. The first-order chi connectivity index (χ1) is 8.86. The zero-order chi connectivity index (χ0) is 14.6. The third-order valence-corrected chi connectivity index (χ3v) is 3.75. The monoisotopic (exact) mass is 321 g/mol. The Balaban J connectivity index is 3.06. The minimum Gasteiger partial charge on any atom is -0.478 e. The fourth-order valence-electron chi connectivity index (χ4n) is 1.44. The molecule has 4 nitrogen and oxygen atoms in total. The molecule has 0 saturated carbocycles. The molecule has 7 heteroatoms. The summed E-state index contributed by atoms with van der Waals surface area (Å²) in [6.45, 7) is 1.76. The number of carboxylic acids is 1. The number of hydrogen-bond donors (Lipinski definition) is 2. The predicted molar refractivity (Wildman–Crippen MR) is 79.6 cm³/mol. The van der Waals surface area contributed by atoms with Crippen LogP contribution in [0, 0.1) is 5.92 Å². The zero-order valence-electron chi connectivity index (χ0n) is 10.4. The van der Waals surface area contributed by atoms with E-state index in [0.717, 1.165) is 0 Å². The van der Waals surface area contributed by atoms with Gasteiger partial charge in [0.05, 0.1) is 16.3 Å². The lowest BCUT2D eigenvalue weighted by atomic mass is 10.1. The van der Waals surface area contributed by atoms with Crippen LogP contribution in [0.2, 0.25) is 10.0 Å². The maximum Gasteiger partial charge on any atom is 0.337 e. The fraction of sp³-hybridized carbons (Fsp3) is 0.333. The summed E-state index contributed by atoms with van der Waals surface area (Å²) in [5, 5.41) is 12.0. The van der Waals surface area contributed by atoms with Crippen LogP contribution < -0.4 is 5.32 Å². The number of amides is 1. The molecule has 0 fully saturated rings. The lowest BCUT2D eigenvalue weighted by Gasteiger charge is -2.14. The number of thioether (sulfide) groups is 1. The first-order valence-corrected chi connectivity index (χ1v) is 7.54. The van der Waals surface area contributed by atoms with Gasteiger partial charge in [0.25, 0.3) is 0 Å². The molecule has 2 N–H and O–H groups in total. The number of halogens is 2. The van der Waals surface area contributed by atoms with Crippen molar-refractivity contribution in [3.8, 4) is 0 Å². The summed E-state index contributed by atoms with van der Waals surface area (Å²) in [6.07, 6.45) is 1.89. The first-order valence-electron chi connectivity index (χ1n) is 5.39. The van der Waals surface area contributed by atoms with E-state index in [1.165, 1.54) is 23.9 Å². The van der Waals surface area contributed by atoms with Crippen LogP contribution in [0.3, 0.4) is 0 Å². The Kier molecular flexibility index (Phi) is 5.97. The van der Waals surface area contributed by atoms with Gasteiger partial charge in [0.15, 0.2) is 0 Å². The lowest BCUT2D eigenvalue weighted by molar-refractivity contribution is -0.118. The molecular weight excluding hydrogens is 309 g/mol. The number of carbonyl (C=O) groups is 2. The van der Waals surface area contributed by atoms with E-state index in [4.69, 9.17) is 28.3 Å². The van der Waals surface area contributed by atoms with Crippen LogP contribution in [-0.2, 0) is 4.79 Å². The van der Waals surface area contributed by atoms with E-state index in [1.54, 1.807) is 6.92 Å². The second-order valence-corrected chi connectivity index (χ2v) is 5.72. The van der Waals surface area contributed by atoms with Gasteiger partial charge >= 0.3 is 5.97 Å². The van der Waals surface area contributed by atoms with Crippen LogP contribution in [0.15, 0.2) is 12.1 Å². The Morgan fingerprint density at radius 2 is 2.05 bits per heavy atom. The minimum absolute atomic E-state index is 0.0801. The van der Waals surface area contributed by atoms with Gasteiger partial charge in [0.1, 0.15) is 0 Å². The summed E-state index contributed by atoms with van der Waals surface area (Å²) in [7, 11) is 0. The summed E-state index contributed by atoms with van der Waals surface area (Å²) in [4.78, 5) is 23.0. The third-order valence-electron chi connectivity index (χ3n) is 2.40.